The highest BCUT2D eigenvalue weighted by atomic mass is 16.4. The second kappa shape index (κ2) is 8.14. The quantitative estimate of drug-likeness (QED) is 0.695. The van der Waals surface area contributed by atoms with Crippen LogP contribution >= 0.6 is 0 Å². The number of aromatic nitrogens is 2. The number of likely N-dealkylation sites (tertiary alicyclic amines) is 1. The molecule has 1 aromatic heterocycles. The molecule has 0 atom stereocenters. The maximum Gasteiger partial charge on any atom is 0.270 e. The molecule has 1 aliphatic rings. The van der Waals surface area contributed by atoms with Crippen molar-refractivity contribution >= 4 is 11.9 Å². The molecule has 1 fully saturated rings. The second-order valence-corrected chi connectivity index (χ2v) is 6.88. The fraction of sp³-hybridized carbons (Fsp3) is 0.421. The highest BCUT2D eigenvalue weighted by molar-refractivity contribution is 6.02. The van der Waals surface area contributed by atoms with Crippen LogP contribution in [0.2, 0.25) is 0 Å². The Morgan fingerprint density at radius 3 is 2.62 bits per heavy atom. The minimum Gasteiger partial charge on any atom is -0.545 e. The van der Waals surface area contributed by atoms with E-state index in [1.165, 1.54) is 10.2 Å². The molecule has 1 aromatic carbocycles. The number of carbonyl (C=O) groups excluding carboxylic acids is 2. The fourth-order valence-corrected chi connectivity index (χ4v) is 3.53. The van der Waals surface area contributed by atoms with Gasteiger partial charge in [-0.3, -0.25) is 9.48 Å². The number of hydrogen-bond donors (Lipinski definition) is 2. The van der Waals surface area contributed by atoms with Crippen molar-refractivity contribution in [1.82, 2.24) is 15.1 Å². The first-order chi connectivity index (χ1) is 12.5. The van der Waals surface area contributed by atoms with Gasteiger partial charge in [0.05, 0.1) is 25.3 Å². The van der Waals surface area contributed by atoms with Crippen molar-refractivity contribution in [3.63, 3.8) is 0 Å². The molecule has 2 heterocycles. The highest BCUT2D eigenvalue weighted by Crippen LogP contribution is 2.11. The zero-order chi connectivity index (χ0) is 18.5. The van der Waals surface area contributed by atoms with E-state index in [0.29, 0.717) is 12.5 Å². The third-order valence-electron chi connectivity index (χ3n) is 5.03. The minimum atomic E-state index is -1.39. The van der Waals surface area contributed by atoms with Crippen molar-refractivity contribution in [3.8, 4) is 0 Å². The number of nitrogens with zero attached hydrogens (tertiary/aromatic N) is 2. The van der Waals surface area contributed by atoms with Crippen LogP contribution in [0.25, 0.3) is 0 Å². The summed E-state index contributed by atoms with van der Waals surface area (Å²) in [6.07, 6.45) is 3.23. The lowest BCUT2D eigenvalue weighted by Gasteiger charge is -2.29. The smallest absolute Gasteiger partial charge is 0.270 e. The number of carbonyl (C=O) groups is 2. The highest BCUT2D eigenvalue weighted by Gasteiger charge is 2.24. The number of hydrogen-bond acceptors (Lipinski definition) is 4. The molecular formula is C19H24N4O3. The summed E-state index contributed by atoms with van der Waals surface area (Å²) in [5.41, 5.74) is 1.21. The van der Waals surface area contributed by atoms with Gasteiger partial charge in [-0.15, -0.1) is 0 Å². The molecule has 0 saturated carbocycles. The molecule has 0 spiro atoms. The Labute approximate surface area is 152 Å². The Kier molecular flexibility index (Phi) is 5.68. The number of carboxylic acids is 1. The van der Waals surface area contributed by atoms with Crippen molar-refractivity contribution in [1.29, 1.82) is 0 Å². The SMILES string of the molecule is Cn1ncc(C(=O)[O-])c1C(=O)NCC1CC[NH+](Cc2ccccc2)CC1. The van der Waals surface area contributed by atoms with Gasteiger partial charge in [-0.2, -0.15) is 5.10 Å². The van der Waals surface area contributed by atoms with Gasteiger partial charge in [-0.05, 0) is 5.92 Å². The van der Waals surface area contributed by atoms with Gasteiger partial charge < -0.3 is 20.1 Å². The van der Waals surface area contributed by atoms with Gasteiger partial charge >= 0.3 is 0 Å². The molecule has 0 radical (unpaired) electrons. The van der Waals surface area contributed by atoms with Crippen molar-refractivity contribution in [2.24, 2.45) is 13.0 Å². The van der Waals surface area contributed by atoms with Gasteiger partial charge in [-0.1, -0.05) is 30.3 Å². The van der Waals surface area contributed by atoms with Gasteiger partial charge in [0, 0.05) is 37.6 Å². The summed E-state index contributed by atoms with van der Waals surface area (Å²) in [4.78, 5) is 25.0. The Hall–Kier alpha value is -2.67. The van der Waals surface area contributed by atoms with Crippen molar-refractivity contribution in [2.45, 2.75) is 19.4 Å². The number of aromatic carboxylic acids is 1. The van der Waals surface area contributed by atoms with E-state index in [1.807, 2.05) is 6.07 Å². The molecule has 3 rings (SSSR count). The topological polar surface area (TPSA) is 91.5 Å². The summed E-state index contributed by atoms with van der Waals surface area (Å²) >= 11 is 0. The predicted molar refractivity (Wildman–Crippen MR) is 93.4 cm³/mol. The standard InChI is InChI=1S/C19H24N4O3/c1-22-17(16(12-21-22)19(25)26)18(24)20-11-14-7-9-23(10-8-14)13-15-5-3-2-4-6-15/h2-6,12,14H,7-11,13H2,1H3,(H,20,24)(H,25,26). The zero-order valence-electron chi connectivity index (χ0n) is 14.9. The molecule has 138 valence electrons. The summed E-state index contributed by atoms with van der Waals surface area (Å²) in [7, 11) is 1.55. The maximum atomic E-state index is 12.3. The molecule has 26 heavy (non-hydrogen) atoms. The first kappa shape index (κ1) is 18.1. The van der Waals surface area contributed by atoms with Crippen LogP contribution in [0.4, 0.5) is 0 Å². The average Bonchev–Trinajstić information content (AvgIpc) is 3.04. The molecule has 2 N–H and O–H groups in total. The Bertz CT molecular complexity index is 764. The van der Waals surface area contributed by atoms with Crippen LogP contribution < -0.4 is 15.3 Å². The van der Waals surface area contributed by atoms with E-state index in [2.05, 4.69) is 34.7 Å². The summed E-state index contributed by atoms with van der Waals surface area (Å²) in [5, 5.41) is 17.8. The van der Waals surface area contributed by atoms with E-state index in [1.54, 1.807) is 11.9 Å². The summed E-state index contributed by atoms with van der Waals surface area (Å²) in [6, 6.07) is 10.5. The van der Waals surface area contributed by atoms with Gasteiger partial charge in [0.2, 0.25) is 0 Å². The van der Waals surface area contributed by atoms with Crippen LogP contribution in [0.15, 0.2) is 36.5 Å². The first-order valence-electron chi connectivity index (χ1n) is 8.93. The van der Waals surface area contributed by atoms with E-state index in [4.69, 9.17) is 0 Å². The number of benzene rings is 1. The molecule has 0 bridgehead atoms. The van der Waals surface area contributed by atoms with Gasteiger partial charge in [0.1, 0.15) is 12.2 Å². The van der Waals surface area contributed by atoms with Crippen molar-refractivity contribution in [3.05, 3.63) is 53.3 Å². The summed E-state index contributed by atoms with van der Waals surface area (Å²) < 4.78 is 1.27. The summed E-state index contributed by atoms with van der Waals surface area (Å²) in [5.74, 6) is -1.39. The third kappa shape index (κ3) is 4.29. The Balaban J connectivity index is 1.47. The number of piperidine rings is 1. The lowest BCUT2D eigenvalue weighted by Crippen LogP contribution is -3.11. The molecular weight excluding hydrogens is 332 g/mol. The molecule has 0 aliphatic carbocycles. The number of amides is 1. The van der Waals surface area contributed by atoms with Crippen LogP contribution in [-0.4, -0.2) is 41.3 Å². The largest absolute Gasteiger partial charge is 0.545 e. The molecule has 7 heteroatoms. The van der Waals surface area contributed by atoms with Crippen LogP contribution in [0.1, 0.15) is 39.3 Å². The number of quaternary nitrogens is 1. The first-order valence-corrected chi connectivity index (χ1v) is 8.93. The lowest BCUT2D eigenvalue weighted by molar-refractivity contribution is -0.919. The number of aryl methyl sites for hydroxylation is 1. The van der Waals surface area contributed by atoms with Crippen LogP contribution in [0, 0.1) is 5.92 Å². The van der Waals surface area contributed by atoms with Gasteiger partial charge in [0.25, 0.3) is 5.91 Å². The zero-order valence-corrected chi connectivity index (χ0v) is 14.9. The lowest BCUT2D eigenvalue weighted by atomic mass is 9.96. The second-order valence-electron chi connectivity index (χ2n) is 6.88. The van der Waals surface area contributed by atoms with E-state index >= 15 is 0 Å². The Morgan fingerprint density at radius 2 is 1.96 bits per heavy atom. The van der Waals surface area contributed by atoms with Crippen LogP contribution in [-0.2, 0) is 13.6 Å². The molecule has 1 amide bonds. The average molecular weight is 356 g/mol. The monoisotopic (exact) mass is 356 g/mol. The van der Waals surface area contributed by atoms with Crippen molar-refractivity contribution < 1.29 is 19.6 Å². The van der Waals surface area contributed by atoms with Crippen LogP contribution in [0.5, 0.6) is 0 Å². The minimum absolute atomic E-state index is 0.0390. The molecule has 2 aromatic rings. The third-order valence-corrected chi connectivity index (χ3v) is 5.03. The van der Waals surface area contributed by atoms with E-state index in [0.717, 1.165) is 38.7 Å². The van der Waals surface area contributed by atoms with Crippen molar-refractivity contribution in [2.75, 3.05) is 19.6 Å². The summed E-state index contributed by atoms with van der Waals surface area (Å²) in [6.45, 7) is 3.73. The number of rotatable bonds is 6. The van der Waals surface area contributed by atoms with Gasteiger partial charge in [0.15, 0.2) is 0 Å². The normalized spacial score (nSPS) is 19.9. The Morgan fingerprint density at radius 1 is 1.27 bits per heavy atom. The maximum absolute atomic E-state index is 12.3. The van der Waals surface area contributed by atoms with E-state index in [9.17, 15) is 14.7 Å². The number of carboxylic acid groups (broad SMARTS) is 1. The van der Waals surface area contributed by atoms with E-state index < -0.39 is 11.9 Å². The predicted octanol–water partition coefficient (Wildman–Crippen LogP) is -0.991. The fourth-order valence-electron chi connectivity index (χ4n) is 3.53. The van der Waals surface area contributed by atoms with Gasteiger partial charge in [-0.25, -0.2) is 0 Å². The molecule has 0 unspecified atom stereocenters. The van der Waals surface area contributed by atoms with Crippen LogP contribution in [0.3, 0.4) is 0 Å². The van der Waals surface area contributed by atoms with E-state index in [-0.39, 0.29) is 11.3 Å². The number of nitrogens with one attached hydrogen (secondary N) is 2. The molecule has 7 nitrogen and oxygen atoms in total. The molecule has 1 saturated heterocycles. The molecule has 1 aliphatic heterocycles.